The Balaban J connectivity index is 2.20. The van der Waals surface area contributed by atoms with Gasteiger partial charge in [0, 0.05) is 0 Å². The van der Waals surface area contributed by atoms with Crippen molar-refractivity contribution in [3.63, 3.8) is 0 Å². The molecule has 0 spiro atoms. The zero-order valence-electron chi connectivity index (χ0n) is 9.86. The summed E-state index contributed by atoms with van der Waals surface area (Å²) in [6.45, 7) is 0. The second kappa shape index (κ2) is 5.69. The van der Waals surface area contributed by atoms with Crippen molar-refractivity contribution in [1.82, 2.24) is 0 Å². The summed E-state index contributed by atoms with van der Waals surface area (Å²) in [6, 6.07) is 8.52. The molecule has 0 unspecified atom stereocenters. The van der Waals surface area contributed by atoms with Crippen LogP contribution in [0.2, 0.25) is 0 Å². The topological polar surface area (TPSA) is 21.6 Å². The highest BCUT2D eigenvalue weighted by Gasteiger charge is 2.17. The molecule has 0 saturated heterocycles. The maximum Gasteiger partial charge on any atom is 0.106 e. The van der Waals surface area contributed by atoms with Crippen molar-refractivity contribution in [3.8, 4) is 0 Å². The summed E-state index contributed by atoms with van der Waals surface area (Å²) in [7, 11) is 1.58. The van der Waals surface area contributed by atoms with Crippen molar-refractivity contribution in [3.05, 3.63) is 35.4 Å². The van der Waals surface area contributed by atoms with Gasteiger partial charge in [0.25, 0.3) is 0 Å². The summed E-state index contributed by atoms with van der Waals surface area (Å²) in [4.78, 5) is 4.76. The van der Waals surface area contributed by atoms with Gasteiger partial charge in [-0.05, 0) is 29.9 Å². The number of oxime groups is 1. The van der Waals surface area contributed by atoms with E-state index >= 15 is 0 Å². The largest absolute Gasteiger partial charge is 0.399 e. The molecule has 0 N–H and O–H groups in total. The van der Waals surface area contributed by atoms with Gasteiger partial charge in [0.05, 0.1) is 6.21 Å². The molecule has 2 heteroatoms. The first-order valence-electron chi connectivity index (χ1n) is 6.07. The summed E-state index contributed by atoms with van der Waals surface area (Å²) in [5.41, 5.74) is 2.64. The zero-order chi connectivity index (χ0) is 11.2. The average molecular weight is 217 g/mol. The highest BCUT2D eigenvalue weighted by atomic mass is 16.6. The van der Waals surface area contributed by atoms with Crippen LogP contribution in [0.5, 0.6) is 0 Å². The molecule has 1 aliphatic carbocycles. The molecule has 0 bridgehead atoms. The van der Waals surface area contributed by atoms with Crippen molar-refractivity contribution in [1.29, 1.82) is 0 Å². The van der Waals surface area contributed by atoms with Crippen LogP contribution in [0.4, 0.5) is 0 Å². The third kappa shape index (κ3) is 2.63. The Bertz CT molecular complexity index is 354. The van der Waals surface area contributed by atoms with Crippen LogP contribution in [0.1, 0.15) is 49.1 Å². The number of hydrogen-bond acceptors (Lipinski definition) is 2. The van der Waals surface area contributed by atoms with E-state index in [9.17, 15) is 0 Å². The molecule has 0 amide bonds. The van der Waals surface area contributed by atoms with Crippen LogP contribution in [0, 0.1) is 0 Å². The molecule has 1 aromatic rings. The second-order valence-electron chi connectivity index (χ2n) is 4.38. The Kier molecular flexibility index (Phi) is 3.97. The third-order valence-corrected chi connectivity index (χ3v) is 3.34. The van der Waals surface area contributed by atoms with Crippen LogP contribution >= 0.6 is 0 Å². The number of benzene rings is 1. The maximum atomic E-state index is 4.76. The first-order chi connectivity index (χ1) is 7.92. The SMILES string of the molecule is CON=Cc1ccccc1C1CCCCC1. The Morgan fingerprint density at radius 3 is 2.69 bits per heavy atom. The monoisotopic (exact) mass is 217 g/mol. The molecule has 2 nitrogen and oxygen atoms in total. The van der Waals surface area contributed by atoms with Gasteiger partial charge in [0.2, 0.25) is 0 Å². The summed E-state index contributed by atoms with van der Waals surface area (Å²) in [5, 5.41) is 3.87. The lowest BCUT2D eigenvalue weighted by Gasteiger charge is -2.23. The van der Waals surface area contributed by atoms with Gasteiger partial charge in [-0.2, -0.15) is 0 Å². The highest BCUT2D eigenvalue weighted by molar-refractivity contribution is 5.81. The van der Waals surface area contributed by atoms with Gasteiger partial charge in [0.1, 0.15) is 7.11 Å². The molecule has 16 heavy (non-hydrogen) atoms. The van der Waals surface area contributed by atoms with E-state index in [1.165, 1.54) is 43.2 Å². The lowest BCUT2D eigenvalue weighted by atomic mass is 9.82. The summed E-state index contributed by atoms with van der Waals surface area (Å²) >= 11 is 0. The van der Waals surface area contributed by atoms with Crippen LogP contribution in [0.3, 0.4) is 0 Å². The Morgan fingerprint density at radius 2 is 1.94 bits per heavy atom. The van der Waals surface area contributed by atoms with Crippen molar-refractivity contribution >= 4 is 6.21 Å². The van der Waals surface area contributed by atoms with E-state index in [2.05, 4.69) is 29.4 Å². The lowest BCUT2D eigenvalue weighted by molar-refractivity contribution is 0.215. The van der Waals surface area contributed by atoms with E-state index in [0.717, 1.165) is 0 Å². The normalized spacial score (nSPS) is 17.8. The molecule has 2 rings (SSSR count). The molecular weight excluding hydrogens is 198 g/mol. The predicted molar refractivity (Wildman–Crippen MR) is 66.9 cm³/mol. The molecule has 86 valence electrons. The molecule has 0 radical (unpaired) electrons. The van der Waals surface area contributed by atoms with E-state index in [1.807, 2.05) is 6.21 Å². The molecule has 1 aliphatic rings. The molecule has 0 aliphatic heterocycles. The van der Waals surface area contributed by atoms with Gasteiger partial charge in [-0.25, -0.2) is 0 Å². The van der Waals surface area contributed by atoms with E-state index < -0.39 is 0 Å². The van der Waals surface area contributed by atoms with Gasteiger partial charge in [-0.3, -0.25) is 0 Å². The molecule has 0 aromatic heterocycles. The minimum absolute atomic E-state index is 0.716. The molecular formula is C14H19NO. The standard InChI is InChI=1S/C14H19NO/c1-16-15-11-13-9-5-6-10-14(13)12-7-3-2-4-8-12/h5-6,9-12H,2-4,7-8H2,1H3. The quantitative estimate of drug-likeness (QED) is 0.558. The summed E-state index contributed by atoms with van der Waals surface area (Å²) in [5.74, 6) is 0.716. The first kappa shape index (κ1) is 11.2. The van der Waals surface area contributed by atoms with Crippen molar-refractivity contribution in [2.75, 3.05) is 7.11 Å². The van der Waals surface area contributed by atoms with Gasteiger partial charge in [-0.1, -0.05) is 48.7 Å². The van der Waals surface area contributed by atoms with Crippen LogP contribution in [-0.2, 0) is 4.84 Å². The van der Waals surface area contributed by atoms with Gasteiger partial charge in [0.15, 0.2) is 0 Å². The fourth-order valence-corrected chi connectivity index (χ4v) is 2.52. The Labute approximate surface area is 97.3 Å². The summed E-state index contributed by atoms with van der Waals surface area (Å²) in [6.07, 6.45) is 8.57. The first-order valence-corrected chi connectivity index (χ1v) is 6.07. The smallest absolute Gasteiger partial charge is 0.106 e. The van der Waals surface area contributed by atoms with Crippen molar-refractivity contribution in [2.45, 2.75) is 38.0 Å². The second-order valence-corrected chi connectivity index (χ2v) is 4.38. The molecule has 1 fully saturated rings. The van der Waals surface area contributed by atoms with Crippen LogP contribution in [0.15, 0.2) is 29.4 Å². The predicted octanol–water partition coefficient (Wildman–Crippen LogP) is 3.71. The number of rotatable bonds is 3. The van der Waals surface area contributed by atoms with E-state index in [0.29, 0.717) is 5.92 Å². The van der Waals surface area contributed by atoms with E-state index in [1.54, 1.807) is 7.11 Å². The van der Waals surface area contributed by atoms with Gasteiger partial charge in [-0.15, -0.1) is 0 Å². The van der Waals surface area contributed by atoms with Crippen molar-refractivity contribution < 1.29 is 4.84 Å². The van der Waals surface area contributed by atoms with Gasteiger partial charge < -0.3 is 4.84 Å². The van der Waals surface area contributed by atoms with Gasteiger partial charge >= 0.3 is 0 Å². The molecule has 1 aromatic carbocycles. The fourth-order valence-electron chi connectivity index (χ4n) is 2.52. The lowest BCUT2D eigenvalue weighted by Crippen LogP contribution is -2.07. The fraction of sp³-hybridized carbons (Fsp3) is 0.500. The minimum Gasteiger partial charge on any atom is -0.399 e. The van der Waals surface area contributed by atoms with Crippen LogP contribution in [0.25, 0.3) is 0 Å². The zero-order valence-corrected chi connectivity index (χ0v) is 9.86. The number of hydrogen-bond donors (Lipinski definition) is 0. The number of nitrogens with zero attached hydrogens (tertiary/aromatic N) is 1. The third-order valence-electron chi connectivity index (χ3n) is 3.34. The van der Waals surface area contributed by atoms with Crippen molar-refractivity contribution in [2.24, 2.45) is 5.16 Å². The van der Waals surface area contributed by atoms with Crippen LogP contribution in [-0.4, -0.2) is 13.3 Å². The van der Waals surface area contributed by atoms with E-state index in [4.69, 9.17) is 4.84 Å². The van der Waals surface area contributed by atoms with Crippen LogP contribution < -0.4 is 0 Å². The van der Waals surface area contributed by atoms with E-state index in [-0.39, 0.29) is 0 Å². The Morgan fingerprint density at radius 1 is 1.19 bits per heavy atom. The molecule has 1 saturated carbocycles. The minimum atomic E-state index is 0.716. The molecule has 0 atom stereocenters. The summed E-state index contributed by atoms with van der Waals surface area (Å²) < 4.78 is 0. The molecule has 0 heterocycles. The maximum absolute atomic E-state index is 4.76. The average Bonchev–Trinajstić information content (AvgIpc) is 2.38. The highest BCUT2D eigenvalue weighted by Crippen LogP contribution is 2.33. The Hall–Kier alpha value is -1.31.